The second kappa shape index (κ2) is 5.32. The lowest BCUT2D eigenvalue weighted by atomic mass is 9.82. The van der Waals surface area contributed by atoms with Gasteiger partial charge in [0.15, 0.2) is 0 Å². The molecule has 1 fully saturated rings. The van der Waals surface area contributed by atoms with Crippen LogP contribution in [0.2, 0.25) is 10.0 Å². The molecule has 0 atom stereocenters. The highest BCUT2D eigenvalue weighted by atomic mass is 35.5. The van der Waals surface area contributed by atoms with E-state index in [9.17, 15) is 0 Å². The van der Waals surface area contributed by atoms with E-state index in [1.54, 1.807) is 6.07 Å². The van der Waals surface area contributed by atoms with Crippen molar-refractivity contribution in [1.82, 2.24) is 4.98 Å². The summed E-state index contributed by atoms with van der Waals surface area (Å²) in [7, 11) is 0. The predicted molar refractivity (Wildman–Crippen MR) is 74.2 cm³/mol. The predicted octanol–water partition coefficient (Wildman–Crippen LogP) is 4.03. The molecule has 3 nitrogen and oxygen atoms in total. The molecule has 2 rings (SSSR count). The molecule has 1 aromatic heterocycles. The summed E-state index contributed by atoms with van der Waals surface area (Å²) < 4.78 is 0. The van der Waals surface area contributed by atoms with Crippen LogP contribution in [0, 0.1) is 5.92 Å². The number of nitrogens with zero attached hydrogens (tertiary/aromatic N) is 1. The zero-order chi connectivity index (χ0) is 12.4. The van der Waals surface area contributed by atoms with Crippen LogP contribution in [0.3, 0.4) is 0 Å². The molecular formula is C12H17Cl2N3. The number of pyridine rings is 1. The summed E-state index contributed by atoms with van der Waals surface area (Å²) in [6.45, 7) is 5.04. The van der Waals surface area contributed by atoms with Crippen LogP contribution < -0.4 is 10.6 Å². The monoisotopic (exact) mass is 273 g/mol. The average Bonchev–Trinajstić information content (AvgIpc) is 2.22. The largest absolute Gasteiger partial charge is 0.369 e. The Kier molecular flexibility index (Phi) is 4.00. The fraction of sp³-hybridized carbons (Fsp3) is 0.583. The van der Waals surface area contributed by atoms with E-state index in [-0.39, 0.29) is 0 Å². The Balaban J connectivity index is 2.12. The van der Waals surface area contributed by atoms with E-state index in [0.29, 0.717) is 21.9 Å². The molecule has 0 radical (unpaired) electrons. The van der Waals surface area contributed by atoms with Crippen molar-refractivity contribution in [3.8, 4) is 0 Å². The van der Waals surface area contributed by atoms with Gasteiger partial charge in [-0.2, -0.15) is 0 Å². The maximum absolute atomic E-state index is 6.13. The number of rotatable bonds is 4. The number of hydrogen-bond donors (Lipinski definition) is 2. The van der Waals surface area contributed by atoms with E-state index in [0.717, 1.165) is 18.3 Å². The van der Waals surface area contributed by atoms with Crippen molar-refractivity contribution in [2.24, 2.45) is 5.92 Å². The molecule has 1 aromatic rings. The van der Waals surface area contributed by atoms with Gasteiger partial charge >= 0.3 is 0 Å². The SMILES string of the molecule is CCNc1nc(NC2CC(C)C2)c(Cl)cc1Cl. The van der Waals surface area contributed by atoms with Crippen LogP contribution in [-0.4, -0.2) is 17.6 Å². The van der Waals surface area contributed by atoms with E-state index >= 15 is 0 Å². The normalized spacial score (nSPS) is 23.1. The molecule has 5 heteroatoms. The molecule has 94 valence electrons. The van der Waals surface area contributed by atoms with Gasteiger partial charge in [-0.1, -0.05) is 30.1 Å². The van der Waals surface area contributed by atoms with Crippen molar-refractivity contribution in [3.05, 3.63) is 16.1 Å². The number of aromatic nitrogens is 1. The lowest BCUT2D eigenvalue weighted by molar-refractivity contribution is 0.308. The Bertz CT molecular complexity index is 403. The lowest BCUT2D eigenvalue weighted by Gasteiger charge is -2.34. The molecule has 0 aliphatic heterocycles. The minimum atomic E-state index is 0.491. The molecule has 2 N–H and O–H groups in total. The van der Waals surface area contributed by atoms with E-state index in [1.807, 2.05) is 6.92 Å². The molecule has 17 heavy (non-hydrogen) atoms. The number of anilines is 2. The Morgan fingerprint density at radius 1 is 1.29 bits per heavy atom. The molecule has 1 aliphatic carbocycles. The Labute approximate surface area is 112 Å². The quantitative estimate of drug-likeness (QED) is 0.870. The van der Waals surface area contributed by atoms with E-state index in [1.165, 1.54) is 12.8 Å². The molecule has 0 amide bonds. The Morgan fingerprint density at radius 3 is 2.53 bits per heavy atom. The molecule has 1 heterocycles. The molecular weight excluding hydrogens is 257 g/mol. The minimum Gasteiger partial charge on any atom is -0.369 e. The van der Waals surface area contributed by atoms with Gasteiger partial charge in [0.1, 0.15) is 11.6 Å². The van der Waals surface area contributed by atoms with Crippen LogP contribution in [0.4, 0.5) is 11.6 Å². The fourth-order valence-electron chi connectivity index (χ4n) is 2.07. The van der Waals surface area contributed by atoms with Gasteiger partial charge in [0.25, 0.3) is 0 Å². The highest BCUT2D eigenvalue weighted by Gasteiger charge is 2.26. The third-order valence-electron chi connectivity index (χ3n) is 2.99. The third kappa shape index (κ3) is 2.96. The zero-order valence-corrected chi connectivity index (χ0v) is 11.6. The van der Waals surface area contributed by atoms with Gasteiger partial charge in [-0.05, 0) is 31.7 Å². The summed E-state index contributed by atoms with van der Waals surface area (Å²) in [5.74, 6) is 2.21. The first-order valence-electron chi connectivity index (χ1n) is 5.96. The standard InChI is InChI=1S/C12H17Cl2N3/c1-3-15-11-9(13)6-10(14)12(17-11)16-8-4-7(2)5-8/h6-8H,3-5H2,1-2H3,(H2,15,16,17). The highest BCUT2D eigenvalue weighted by molar-refractivity contribution is 6.37. The molecule has 0 saturated heterocycles. The van der Waals surface area contributed by atoms with Crippen LogP contribution in [0.1, 0.15) is 26.7 Å². The number of halogens is 2. The van der Waals surface area contributed by atoms with Gasteiger partial charge in [-0.25, -0.2) is 4.98 Å². The van der Waals surface area contributed by atoms with Crippen molar-refractivity contribution >= 4 is 34.8 Å². The summed E-state index contributed by atoms with van der Waals surface area (Å²) in [6, 6.07) is 2.23. The molecule has 0 aromatic carbocycles. The summed E-state index contributed by atoms with van der Waals surface area (Å²) in [6.07, 6.45) is 2.36. The Hall–Kier alpha value is -0.670. The lowest BCUT2D eigenvalue weighted by Crippen LogP contribution is -2.34. The van der Waals surface area contributed by atoms with Gasteiger partial charge in [-0.3, -0.25) is 0 Å². The third-order valence-corrected chi connectivity index (χ3v) is 3.56. The maximum Gasteiger partial charge on any atom is 0.147 e. The van der Waals surface area contributed by atoms with Gasteiger partial charge in [0.2, 0.25) is 0 Å². The summed E-state index contributed by atoms with van der Waals surface area (Å²) >= 11 is 12.2. The van der Waals surface area contributed by atoms with Crippen LogP contribution >= 0.6 is 23.2 Å². The number of nitrogens with one attached hydrogen (secondary N) is 2. The molecule has 0 unspecified atom stereocenters. The first kappa shape index (κ1) is 12.8. The van der Waals surface area contributed by atoms with Crippen molar-refractivity contribution < 1.29 is 0 Å². The fourth-order valence-corrected chi connectivity index (χ4v) is 2.55. The van der Waals surface area contributed by atoms with Gasteiger partial charge in [-0.15, -0.1) is 0 Å². The second-order valence-electron chi connectivity index (χ2n) is 4.60. The van der Waals surface area contributed by atoms with Crippen LogP contribution in [0.25, 0.3) is 0 Å². The summed E-state index contributed by atoms with van der Waals surface area (Å²) in [5, 5.41) is 7.62. The average molecular weight is 274 g/mol. The summed E-state index contributed by atoms with van der Waals surface area (Å²) in [5.41, 5.74) is 0. The first-order chi connectivity index (χ1) is 8.10. The van der Waals surface area contributed by atoms with Crippen molar-refractivity contribution in [1.29, 1.82) is 0 Å². The minimum absolute atomic E-state index is 0.491. The van der Waals surface area contributed by atoms with E-state index < -0.39 is 0 Å². The second-order valence-corrected chi connectivity index (χ2v) is 5.41. The van der Waals surface area contributed by atoms with Crippen LogP contribution in [0.15, 0.2) is 6.07 Å². The van der Waals surface area contributed by atoms with Gasteiger partial charge < -0.3 is 10.6 Å². The van der Waals surface area contributed by atoms with Gasteiger partial charge in [0, 0.05) is 12.6 Å². The van der Waals surface area contributed by atoms with E-state index in [2.05, 4.69) is 22.5 Å². The Morgan fingerprint density at radius 2 is 1.94 bits per heavy atom. The molecule has 1 aliphatic rings. The van der Waals surface area contributed by atoms with Gasteiger partial charge in [0.05, 0.1) is 10.0 Å². The molecule has 0 spiro atoms. The molecule has 1 saturated carbocycles. The number of hydrogen-bond acceptors (Lipinski definition) is 3. The van der Waals surface area contributed by atoms with E-state index in [4.69, 9.17) is 23.2 Å². The highest BCUT2D eigenvalue weighted by Crippen LogP contribution is 2.33. The zero-order valence-electron chi connectivity index (χ0n) is 10.1. The molecule has 0 bridgehead atoms. The van der Waals surface area contributed by atoms with Crippen molar-refractivity contribution in [2.75, 3.05) is 17.2 Å². The van der Waals surface area contributed by atoms with Crippen LogP contribution in [0.5, 0.6) is 0 Å². The first-order valence-corrected chi connectivity index (χ1v) is 6.72. The smallest absolute Gasteiger partial charge is 0.147 e. The van der Waals surface area contributed by atoms with Crippen molar-refractivity contribution in [3.63, 3.8) is 0 Å². The van der Waals surface area contributed by atoms with Crippen LogP contribution in [-0.2, 0) is 0 Å². The topological polar surface area (TPSA) is 37.0 Å². The van der Waals surface area contributed by atoms with Crippen molar-refractivity contribution in [2.45, 2.75) is 32.7 Å². The summed E-state index contributed by atoms with van der Waals surface area (Å²) in [4.78, 5) is 4.42. The maximum atomic E-state index is 6.13.